The number of aromatic amines is 1. The van der Waals surface area contributed by atoms with Gasteiger partial charge in [-0.1, -0.05) is 12.1 Å². The van der Waals surface area contributed by atoms with E-state index in [4.69, 9.17) is 4.52 Å². The molecule has 0 aliphatic rings. The number of nitrogens with zero attached hydrogens (tertiary/aromatic N) is 2. The van der Waals surface area contributed by atoms with Crippen molar-refractivity contribution < 1.29 is 9.32 Å². The summed E-state index contributed by atoms with van der Waals surface area (Å²) in [6.07, 6.45) is 3.85. The number of H-pyrrole nitrogens is 1. The van der Waals surface area contributed by atoms with Crippen LogP contribution in [-0.4, -0.2) is 21.0 Å². The first kappa shape index (κ1) is 10.4. The van der Waals surface area contributed by atoms with Crippen LogP contribution in [0.1, 0.15) is 28.7 Å². The van der Waals surface area contributed by atoms with E-state index in [0.717, 1.165) is 0 Å². The number of rotatable bonds is 3. The number of amides is 1. The summed E-state index contributed by atoms with van der Waals surface area (Å²) in [5, 5.41) is 6.45. The van der Waals surface area contributed by atoms with E-state index in [0.29, 0.717) is 29.4 Å². The fourth-order valence-electron chi connectivity index (χ4n) is 1.45. The molecule has 0 spiro atoms. The molecule has 0 unspecified atom stereocenters. The maximum absolute atomic E-state index is 11.9. The van der Waals surface area contributed by atoms with E-state index >= 15 is 0 Å². The van der Waals surface area contributed by atoms with Crippen molar-refractivity contribution in [1.29, 1.82) is 0 Å². The van der Waals surface area contributed by atoms with Crippen LogP contribution in [0, 0.1) is 6.92 Å². The van der Waals surface area contributed by atoms with Gasteiger partial charge in [-0.05, 0) is 13.3 Å². The lowest BCUT2D eigenvalue weighted by Gasteiger charge is -2.01. The second-order valence-corrected chi connectivity index (χ2v) is 3.31. The topological polar surface area (TPSA) is 83.8 Å². The van der Waals surface area contributed by atoms with Crippen LogP contribution >= 0.6 is 0 Å². The minimum Gasteiger partial charge on any atom is -0.361 e. The highest BCUT2D eigenvalue weighted by Gasteiger charge is 2.19. The van der Waals surface area contributed by atoms with Crippen molar-refractivity contribution in [3.8, 4) is 0 Å². The molecule has 2 rings (SSSR count). The highest BCUT2D eigenvalue weighted by molar-refractivity contribution is 6.04. The van der Waals surface area contributed by atoms with Gasteiger partial charge in [0.25, 0.3) is 5.91 Å². The lowest BCUT2D eigenvalue weighted by molar-refractivity contribution is 0.102. The number of imidazole rings is 1. The van der Waals surface area contributed by atoms with Gasteiger partial charge in [-0.2, -0.15) is 0 Å². The van der Waals surface area contributed by atoms with Gasteiger partial charge >= 0.3 is 0 Å². The van der Waals surface area contributed by atoms with Crippen molar-refractivity contribution in [3.63, 3.8) is 0 Å². The molecule has 0 saturated carbocycles. The second-order valence-electron chi connectivity index (χ2n) is 3.31. The molecule has 0 saturated heterocycles. The highest BCUT2D eigenvalue weighted by atomic mass is 16.5. The van der Waals surface area contributed by atoms with Crippen LogP contribution in [0.2, 0.25) is 0 Å². The minimum atomic E-state index is -0.259. The summed E-state index contributed by atoms with van der Waals surface area (Å²) in [7, 11) is 0. The zero-order valence-corrected chi connectivity index (χ0v) is 9.07. The summed E-state index contributed by atoms with van der Waals surface area (Å²) in [6, 6.07) is 0. The van der Waals surface area contributed by atoms with Crippen LogP contribution in [0.5, 0.6) is 0 Å². The van der Waals surface area contributed by atoms with Gasteiger partial charge < -0.3 is 9.51 Å². The van der Waals surface area contributed by atoms with Crippen LogP contribution in [0.4, 0.5) is 5.95 Å². The van der Waals surface area contributed by atoms with Crippen molar-refractivity contribution in [2.45, 2.75) is 20.3 Å². The predicted molar refractivity (Wildman–Crippen MR) is 57.2 cm³/mol. The van der Waals surface area contributed by atoms with Crippen LogP contribution in [-0.2, 0) is 6.42 Å². The number of nitrogens with one attached hydrogen (secondary N) is 2. The molecule has 2 aromatic heterocycles. The predicted octanol–water partition coefficient (Wildman–Crippen LogP) is 1.52. The SMILES string of the molecule is CCc1noc(C)c1C(=O)Nc1ncc[nH]1. The largest absolute Gasteiger partial charge is 0.361 e. The van der Waals surface area contributed by atoms with E-state index in [1.807, 2.05) is 6.92 Å². The zero-order valence-electron chi connectivity index (χ0n) is 9.07. The second kappa shape index (κ2) is 4.18. The maximum Gasteiger partial charge on any atom is 0.263 e. The molecular formula is C10H12N4O2. The van der Waals surface area contributed by atoms with Gasteiger partial charge in [0.1, 0.15) is 11.3 Å². The summed E-state index contributed by atoms with van der Waals surface area (Å²) in [6.45, 7) is 3.63. The number of aromatic nitrogens is 3. The Labute approximate surface area is 92.1 Å². The normalized spacial score (nSPS) is 10.4. The quantitative estimate of drug-likeness (QED) is 0.821. The van der Waals surface area contributed by atoms with Gasteiger partial charge in [0.2, 0.25) is 5.95 Å². The summed E-state index contributed by atoms with van der Waals surface area (Å²) in [5.74, 6) is 0.666. The Balaban J connectivity index is 2.23. The molecule has 6 nitrogen and oxygen atoms in total. The first-order chi connectivity index (χ1) is 7.72. The van der Waals surface area contributed by atoms with E-state index in [9.17, 15) is 4.79 Å². The number of carbonyl (C=O) groups excluding carboxylic acids is 1. The lowest BCUT2D eigenvalue weighted by Crippen LogP contribution is -2.15. The fraction of sp³-hybridized carbons (Fsp3) is 0.300. The van der Waals surface area contributed by atoms with E-state index < -0.39 is 0 Å². The average molecular weight is 220 g/mol. The molecule has 84 valence electrons. The van der Waals surface area contributed by atoms with Crippen molar-refractivity contribution in [1.82, 2.24) is 15.1 Å². The van der Waals surface area contributed by atoms with Crippen LogP contribution in [0.25, 0.3) is 0 Å². The molecule has 6 heteroatoms. The molecule has 0 aliphatic heterocycles. The molecule has 0 aliphatic carbocycles. The van der Waals surface area contributed by atoms with E-state index in [-0.39, 0.29) is 5.91 Å². The first-order valence-corrected chi connectivity index (χ1v) is 4.98. The molecule has 0 bridgehead atoms. The summed E-state index contributed by atoms with van der Waals surface area (Å²) < 4.78 is 4.99. The van der Waals surface area contributed by atoms with Crippen LogP contribution in [0.3, 0.4) is 0 Å². The van der Waals surface area contributed by atoms with E-state index in [2.05, 4.69) is 20.4 Å². The number of hydrogen-bond acceptors (Lipinski definition) is 4. The molecule has 2 heterocycles. The van der Waals surface area contributed by atoms with Crippen molar-refractivity contribution in [3.05, 3.63) is 29.4 Å². The Morgan fingerprint density at radius 3 is 3.06 bits per heavy atom. The molecule has 1 amide bonds. The van der Waals surface area contributed by atoms with Crippen molar-refractivity contribution in [2.75, 3.05) is 5.32 Å². The summed E-state index contributed by atoms with van der Waals surface area (Å²) in [5.41, 5.74) is 1.14. The third-order valence-corrected chi connectivity index (χ3v) is 2.23. The zero-order chi connectivity index (χ0) is 11.5. The van der Waals surface area contributed by atoms with Gasteiger partial charge in [0.15, 0.2) is 0 Å². The van der Waals surface area contributed by atoms with Crippen molar-refractivity contribution in [2.24, 2.45) is 0 Å². The lowest BCUT2D eigenvalue weighted by atomic mass is 10.1. The molecule has 2 N–H and O–H groups in total. The minimum absolute atomic E-state index is 0.259. The van der Waals surface area contributed by atoms with Gasteiger partial charge in [0.05, 0.1) is 5.69 Å². The molecule has 0 radical (unpaired) electrons. The van der Waals surface area contributed by atoms with Gasteiger partial charge in [-0.25, -0.2) is 4.98 Å². The summed E-state index contributed by atoms with van der Waals surface area (Å²) >= 11 is 0. The molecule has 0 aromatic carbocycles. The Bertz CT molecular complexity index is 487. The Kier molecular flexibility index (Phi) is 2.72. The fourth-order valence-corrected chi connectivity index (χ4v) is 1.45. The first-order valence-electron chi connectivity index (χ1n) is 4.98. The van der Waals surface area contributed by atoms with Crippen LogP contribution < -0.4 is 5.32 Å². The molecule has 2 aromatic rings. The Morgan fingerprint density at radius 1 is 1.62 bits per heavy atom. The molecular weight excluding hydrogens is 208 g/mol. The number of aryl methyl sites for hydroxylation is 2. The monoisotopic (exact) mass is 220 g/mol. The third-order valence-electron chi connectivity index (χ3n) is 2.23. The van der Waals surface area contributed by atoms with Crippen molar-refractivity contribution >= 4 is 11.9 Å². The third kappa shape index (κ3) is 1.81. The Morgan fingerprint density at radius 2 is 2.44 bits per heavy atom. The maximum atomic E-state index is 11.9. The van der Waals surface area contributed by atoms with Gasteiger partial charge in [0, 0.05) is 12.4 Å². The smallest absolute Gasteiger partial charge is 0.263 e. The van der Waals surface area contributed by atoms with E-state index in [1.54, 1.807) is 19.3 Å². The average Bonchev–Trinajstić information content (AvgIpc) is 2.87. The highest BCUT2D eigenvalue weighted by Crippen LogP contribution is 2.15. The molecule has 0 fully saturated rings. The molecule has 16 heavy (non-hydrogen) atoms. The number of carbonyl (C=O) groups is 1. The van der Waals surface area contributed by atoms with E-state index in [1.165, 1.54) is 0 Å². The number of anilines is 1. The number of hydrogen-bond donors (Lipinski definition) is 2. The molecule has 0 atom stereocenters. The van der Waals surface area contributed by atoms with Crippen LogP contribution in [0.15, 0.2) is 16.9 Å². The van der Waals surface area contributed by atoms with Gasteiger partial charge in [-0.15, -0.1) is 0 Å². The Hall–Kier alpha value is -2.11. The summed E-state index contributed by atoms with van der Waals surface area (Å²) in [4.78, 5) is 18.6. The van der Waals surface area contributed by atoms with Gasteiger partial charge in [-0.3, -0.25) is 10.1 Å². The standard InChI is InChI=1S/C10H12N4O2/c1-3-7-8(6(2)16-14-7)9(15)13-10-11-4-5-12-10/h4-5H,3H2,1-2H3,(H2,11,12,13,15).